The van der Waals surface area contributed by atoms with E-state index in [1.54, 1.807) is 0 Å². The average Bonchev–Trinajstić information content (AvgIpc) is 2.84. The third-order valence-electron chi connectivity index (χ3n) is 3.47. The van der Waals surface area contributed by atoms with Crippen molar-refractivity contribution in [1.29, 1.82) is 0 Å². The molecule has 0 amide bonds. The van der Waals surface area contributed by atoms with Crippen LogP contribution >= 0.6 is 45.3 Å². The van der Waals surface area contributed by atoms with Crippen LogP contribution in [0.3, 0.4) is 0 Å². The van der Waals surface area contributed by atoms with Crippen LogP contribution in [0.2, 0.25) is 0 Å². The summed E-state index contributed by atoms with van der Waals surface area (Å²) >= 11 is 1.81. The van der Waals surface area contributed by atoms with Crippen LogP contribution < -0.4 is 4.90 Å². The Bertz CT molecular complexity index is 491. The quantitative estimate of drug-likeness (QED) is 0.745. The molecule has 0 radical (unpaired) electrons. The van der Waals surface area contributed by atoms with Gasteiger partial charge in [0.2, 0.25) is 0 Å². The maximum Gasteiger partial charge on any atom is 0.186 e. The first-order valence-corrected chi connectivity index (χ1v) is 7.51. The second kappa shape index (κ2) is 8.32. The Morgan fingerprint density at radius 1 is 1.10 bits per heavy atom. The Morgan fingerprint density at radius 3 is 2.45 bits per heavy atom. The molecule has 1 aromatic heterocycles. The highest BCUT2D eigenvalue weighted by Gasteiger charge is 2.18. The molecule has 0 atom stereocenters. The fourth-order valence-electron chi connectivity index (χ4n) is 2.47. The number of anilines is 1. The zero-order valence-corrected chi connectivity index (χ0v) is 15.9. The molecule has 0 unspecified atom stereocenters. The normalized spacial score (nSPS) is 15.8. The topological polar surface area (TPSA) is 19.4 Å². The van der Waals surface area contributed by atoms with Crippen molar-refractivity contribution in [1.82, 2.24) is 9.88 Å². The highest BCUT2D eigenvalue weighted by molar-refractivity contribution is 8.93. The van der Waals surface area contributed by atoms with E-state index < -0.39 is 0 Å². The molecule has 1 fully saturated rings. The van der Waals surface area contributed by atoms with Crippen LogP contribution in [0.4, 0.5) is 5.13 Å². The van der Waals surface area contributed by atoms with Gasteiger partial charge in [0.1, 0.15) is 0 Å². The van der Waals surface area contributed by atoms with E-state index in [9.17, 15) is 0 Å². The lowest BCUT2D eigenvalue weighted by molar-refractivity contribution is 0.258. The van der Waals surface area contributed by atoms with Crippen LogP contribution in [0.15, 0.2) is 24.3 Å². The summed E-state index contributed by atoms with van der Waals surface area (Å²) in [4.78, 5) is 9.71. The highest BCUT2D eigenvalue weighted by Crippen LogP contribution is 2.28. The summed E-state index contributed by atoms with van der Waals surface area (Å²) in [6, 6.07) is 8.40. The maximum atomic E-state index is 4.73. The van der Waals surface area contributed by atoms with E-state index in [0.29, 0.717) is 0 Å². The largest absolute Gasteiger partial charge is 0.345 e. The number of hydrogen-bond donors (Lipinski definition) is 0. The van der Waals surface area contributed by atoms with Crippen molar-refractivity contribution >= 4 is 60.6 Å². The lowest BCUT2D eigenvalue weighted by Gasteiger charge is -2.34. The Hall–Kier alpha value is -0.170. The van der Waals surface area contributed by atoms with E-state index in [-0.39, 0.29) is 34.0 Å². The van der Waals surface area contributed by atoms with Crippen molar-refractivity contribution in [2.75, 3.05) is 37.6 Å². The zero-order valence-electron chi connectivity index (χ0n) is 11.6. The summed E-state index contributed by atoms with van der Waals surface area (Å²) in [6.07, 6.45) is 1.25. The molecule has 0 saturated carbocycles. The smallest absolute Gasteiger partial charge is 0.186 e. The van der Waals surface area contributed by atoms with Gasteiger partial charge >= 0.3 is 0 Å². The first-order valence-electron chi connectivity index (χ1n) is 6.69. The molecule has 0 aliphatic carbocycles. The van der Waals surface area contributed by atoms with Gasteiger partial charge in [-0.05, 0) is 25.1 Å². The molecule has 2 heterocycles. The Labute approximate surface area is 145 Å². The minimum absolute atomic E-state index is 0. The van der Waals surface area contributed by atoms with Gasteiger partial charge in [0.25, 0.3) is 0 Å². The number of benzene rings is 1. The Balaban J connectivity index is 0.000001000. The second-order valence-electron chi connectivity index (χ2n) is 4.79. The van der Waals surface area contributed by atoms with E-state index >= 15 is 0 Å². The van der Waals surface area contributed by atoms with Crippen molar-refractivity contribution in [2.45, 2.75) is 13.3 Å². The molecule has 1 aliphatic rings. The minimum Gasteiger partial charge on any atom is -0.345 e. The maximum absolute atomic E-state index is 4.73. The molecule has 0 bridgehead atoms. The number of hydrogen-bond acceptors (Lipinski definition) is 4. The van der Waals surface area contributed by atoms with Crippen LogP contribution in [-0.4, -0.2) is 42.6 Å². The van der Waals surface area contributed by atoms with E-state index in [0.717, 1.165) is 18.6 Å². The first-order chi connectivity index (χ1) is 8.86. The number of nitrogens with zero attached hydrogens (tertiary/aromatic N) is 3. The molecular weight excluding hydrogens is 402 g/mol. The monoisotopic (exact) mass is 421 g/mol. The van der Waals surface area contributed by atoms with Crippen LogP contribution in [0.1, 0.15) is 13.3 Å². The van der Waals surface area contributed by atoms with Gasteiger partial charge in [-0.2, -0.15) is 0 Å². The average molecular weight is 423 g/mol. The fraction of sp³-hybridized carbons (Fsp3) is 0.500. The minimum atomic E-state index is 0. The summed E-state index contributed by atoms with van der Waals surface area (Å²) in [5, 5.41) is 1.19. The molecule has 1 aromatic carbocycles. The predicted molar refractivity (Wildman–Crippen MR) is 99.2 cm³/mol. The third kappa shape index (κ3) is 3.93. The summed E-state index contributed by atoms with van der Waals surface area (Å²) in [6.45, 7) is 8.04. The third-order valence-corrected chi connectivity index (χ3v) is 4.56. The van der Waals surface area contributed by atoms with E-state index in [2.05, 4.69) is 41.0 Å². The molecule has 6 heteroatoms. The SMILES string of the molecule is Br.Br.CCCN1CCN(c2nc3ccccc3s2)CC1. The van der Waals surface area contributed by atoms with Crippen molar-refractivity contribution in [3.63, 3.8) is 0 Å². The summed E-state index contributed by atoms with van der Waals surface area (Å²) in [5.41, 5.74) is 1.13. The molecule has 1 saturated heterocycles. The number of thiazole rings is 1. The lowest BCUT2D eigenvalue weighted by Crippen LogP contribution is -2.46. The number of para-hydroxylation sites is 1. The summed E-state index contributed by atoms with van der Waals surface area (Å²) in [5.74, 6) is 0. The van der Waals surface area contributed by atoms with Crippen LogP contribution in [0.5, 0.6) is 0 Å². The second-order valence-corrected chi connectivity index (χ2v) is 5.80. The van der Waals surface area contributed by atoms with Crippen molar-refractivity contribution < 1.29 is 0 Å². The Morgan fingerprint density at radius 2 is 1.80 bits per heavy atom. The number of rotatable bonds is 3. The number of halogens is 2. The number of piperazine rings is 1. The molecule has 2 aromatic rings. The summed E-state index contributed by atoms with van der Waals surface area (Å²) < 4.78 is 1.29. The van der Waals surface area contributed by atoms with E-state index in [1.807, 2.05) is 11.3 Å². The molecule has 3 rings (SSSR count). The van der Waals surface area contributed by atoms with Crippen molar-refractivity contribution in [3.05, 3.63) is 24.3 Å². The Kier molecular flexibility index (Phi) is 7.43. The van der Waals surface area contributed by atoms with Crippen LogP contribution in [0.25, 0.3) is 10.2 Å². The van der Waals surface area contributed by atoms with Crippen molar-refractivity contribution in [2.24, 2.45) is 0 Å². The molecular formula is C14H21Br2N3S. The van der Waals surface area contributed by atoms with E-state index in [1.165, 1.54) is 35.9 Å². The molecule has 0 N–H and O–H groups in total. The van der Waals surface area contributed by atoms with Gasteiger partial charge in [-0.3, -0.25) is 4.90 Å². The van der Waals surface area contributed by atoms with Gasteiger partial charge in [-0.1, -0.05) is 30.4 Å². The highest BCUT2D eigenvalue weighted by atomic mass is 79.9. The molecule has 112 valence electrons. The number of fused-ring (bicyclic) bond motifs is 1. The molecule has 0 spiro atoms. The molecule has 20 heavy (non-hydrogen) atoms. The predicted octanol–water partition coefficient (Wildman–Crippen LogP) is 3.98. The first kappa shape index (κ1) is 17.9. The lowest BCUT2D eigenvalue weighted by atomic mass is 10.3. The van der Waals surface area contributed by atoms with Gasteiger partial charge in [-0.15, -0.1) is 34.0 Å². The van der Waals surface area contributed by atoms with E-state index in [4.69, 9.17) is 4.98 Å². The van der Waals surface area contributed by atoms with Crippen LogP contribution in [0, 0.1) is 0 Å². The van der Waals surface area contributed by atoms with Gasteiger partial charge in [0.05, 0.1) is 10.2 Å². The summed E-state index contributed by atoms with van der Waals surface area (Å²) in [7, 11) is 0. The van der Waals surface area contributed by atoms with Gasteiger partial charge < -0.3 is 4.90 Å². The van der Waals surface area contributed by atoms with Crippen molar-refractivity contribution in [3.8, 4) is 0 Å². The van der Waals surface area contributed by atoms with Gasteiger partial charge in [0.15, 0.2) is 5.13 Å². The number of aromatic nitrogens is 1. The molecule has 1 aliphatic heterocycles. The van der Waals surface area contributed by atoms with Crippen LogP contribution in [-0.2, 0) is 0 Å². The van der Waals surface area contributed by atoms with Gasteiger partial charge in [-0.25, -0.2) is 4.98 Å². The zero-order chi connectivity index (χ0) is 12.4. The molecule has 3 nitrogen and oxygen atoms in total. The fourth-order valence-corrected chi connectivity index (χ4v) is 3.49. The van der Waals surface area contributed by atoms with Gasteiger partial charge in [0, 0.05) is 26.2 Å². The standard InChI is InChI=1S/C14H19N3S.2BrH/c1-2-7-16-8-10-17(11-9-16)14-15-12-5-3-4-6-13(12)18-14;;/h3-6H,2,7-11H2,1H3;2*1H.